The first kappa shape index (κ1) is 10.7. The molecule has 0 bridgehead atoms. The molecular weight excluding hydrogens is 185 g/mol. The van der Waals surface area contributed by atoms with Gasteiger partial charge in [0, 0.05) is 0 Å². The number of ketones is 1. The summed E-state index contributed by atoms with van der Waals surface area (Å²) < 4.78 is 18.1. The molecule has 1 aromatic rings. The minimum absolute atomic E-state index is 0.0711. The largest absolute Gasteiger partial charge is 0.480 e. The summed E-state index contributed by atoms with van der Waals surface area (Å²) in [6, 6.07) is 5.93. The number of carbonyl (C=O) groups excluding carboxylic acids is 1. The highest BCUT2D eigenvalue weighted by atomic mass is 19.1. The molecule has 14 heavy (non-hydrogen) atoms. The van der Waals surface area contributed by atoms with Crippen LogP contribution in [-0.2, 0) is 4.79 Å². The van der Waals surface area contributed by atoms with Crippen molar-refractivity contribution in [3.05, 3.63) is 30.1 Å². The summed E-state index contributed by atoms with van der Waals surface area (Å²) in [7, 11) is 0. The molecule has 0 amide bonds. The SMILES string of the molecule is CC(Oc1ccccc1F)C(=O)CN. The monoisotopic (exact) mass is 197 g/mol. The van der Waals surface area contributed by atoms with Gasteiger partial charge in [0.2, 0.25) is 0 Å². The Morgan fingerprint density at radius 2 is 2.21 bits per heavy atom. The van der Waals surface area contributed by atoms with Crippen LogP contribution in [0.15, 0.2) is 24.3 Å². The molecule has 2 N–H and O–H groups in total. The van der Waals surface area contributed by atoms with Gasteiger partial charge in [-0.2, -0.15) is 0 Å². The number of carbonyl (C=O) groups is 1. The minimum Gasteiger partial charge on any atom is -0.480 e. The van der Waals surface area contributed by atoms with Crippen LogP contribution in [0.2, 0.25) is 0 Å². The third-order valence-electron chi connectivity index (χ3n) is 1.80. The Balaban J connectivity index is 2.69. The quantitative estimate of drug-likeness (QED) is 0.786. The lowest BCUT2D eigenvalue weighted by molar-refractivity contribution is -0.123. The maximum Gasteiger partial charge on any atom is 0.186 e. The number of hydrogen-bond acceptors (Lipinski definition) is 3. The molecule has 0 aromatic heterocycles. The number of halogens is 1. The summed E-state index contributed by atoms with van der Waals surface area (Å²) in [5.41, 5.74) is 5.14. The summed E-state index contributed by atoms with van der Waals surface area (Å²) in [5.74, 6) is -0.667. The van der Waals surface area contributed by atoms with Gasteiger partial charge in [0.1, 0.15) is 0 Å². The lowest BCUT2D eigenvalue weighted by Crippen LogP contribution is -2.30. The van der Waals surface area contributed by atoms with Gasteiger partial charge in [-0.15, -0.1) is 0 Å². The Kier molecular flexibility index (Phi) is 3.59. The van der Waals surface area contributed by atoms with E-state index in [4.69, 9.17) is 10.5 Å². The van der Waals surface area contributed by atoms with Crippen molar-refractivity contribution in [3.63, 3.8) is 0 Å². The highest BCUT2D eigenvalue weighted by molar-refractivity contribution is 5.84. The summed E-state index contributed by atoms with van der Waals surface area (Å²) >= 11 is 0. The molecule has 0 saturated heterocycles. The van der Waals surface area contributed by atoms with Crippen molar-refractivity contribution in [3.8, 4) is 5.75 Å². The molecule has 1 aromatic carbocycles. The van der Waals surface area contributed by atoms with Gasteiger partial charge >= 0.3 is 0 Å². The van der Waals surface area contributed by atoms with Crippen molar-refractivity contribution < 1.29 is 13.9 Å². The molecule has 1 atom stereocenters. The van der Waals surface area contributed by atoms with Crippen LogP contribution in [0.1, 0.15) is 6.92 Å². The predicted molar refractivity (Wildman–Crippen MR) is 50.6 cm³/mol. The fourth-order valence-corrected chi connectivity index (χ4v) is 0.962. The van der Waals surface area contributed by atoms with Gasteiger partial charge in [0.05, 0.1) is 6.54 Å². The van der Waals surface area contributed by atoms with Gasteiger partial charge in [-0.1, -0.05) is 12.1 Å². The predicted octanol–water partition coefficient (Wildman–Crippen LogP) is 1.12. The Labute approximate surface area is 81.7 Å². The smallest absolute Gasteiger partial charge is 0.186 e. The Bertz CT molecular complexity index is 328. The molecule has 0 radical (unpaired) electrons. The van der Waals surface area contributed by atoms with E-state index in [2.05, 4.69) is 0 Å². The highest BCUT2D eigenvalue weighted by Gasteiger charge is 2.14. The van der Waals surface area contributed by atoms with E-state index in [9.17, 15) is 9.18 Å². The van der Waals surface area contributed by atoms with Gasteiger partial charge < -0.3 is 10.5 Å². The van der Waals surface area contributed by atoms with Crippen molar-refractivity contribution in [2.45, 2.75) is 13.0 Å². The van der Waals surface area contributed by atoms with Crippen LogP contribution < -0.4 is 10.5 Å². The Hall–Kier alpha value is -1.42. The van der Waals surface area contributed by atoms with Gasteiger partial charge in [0.15, 0.2) is 23.5 Å². The van der Waals surface area contributed by atoms with Crippen LogP contribution in [0.25, 0.3) is 0 Å². The second-order valence-corrected chi connectivity index (χ2v) is 2.86. The van der Waals surface area contributed by atoms with Crippen LogP contribution >= 0.6 is 0 Å². The maximum absolute atomic E-state index is 13.0. The van der Waals surface area contributed by atoms with E-state index in [1.165, 1.54) is 12.1 Å². The van der Waals surface area contributed by atoms with E-state index >= 15 is 0 Å². The number of benzene rings is 1. The van der Waals surface area contributed by atoms with Gasteiger partial charge in [-0.3, -0.25) is 4.79 Å². The zero-order chi connectivity index (χ0) is 10.6. The Morgan fingerprint density at radius 3 is 2.79 bits per heavy atom. The van der Waals surface area contributed by atoms with Crippen molar-refractivity contribution >= 4 is 5.78 Å². The van der Waals surface area contributed by atoms with Crippen LogP contribution in [0.5, 0.6) is 5.75 Å². The molecule has 76 valence electrons. The lowest BCUT2D eigenvalue weighted by Gasteiger charge is -2.12. The highest BCUT2D eigenvalue weighted by Crippen LogP contribution is 2.16. The van der Waals surface area contributed by atoms with E-state index in [0.29, 0.717) is 0 Å². The fraction of sp³-hybridized carbons (Fsp3) is 0.300. The first-order valence-corrected chi connectivity index (χ1v) is 4.29. The molecule has 3 nitrogen and oxygen atoms in total. The maximum atomic E-state index is 13.0. The lowest BCUT2D eigenvalue weighted by atomic mass is 10.2. The molecule has 0 spiro atoms. The molecule has 1 rings (SSSR count). The van der Waals surface area contributed by atoms with Crippen LogP contribution in [0.3, 0.4) is 0 Å². The topological polar surface area (TPSA) is 52.3 Å². The summed E-state index contributed by atoms with van der Waals surface area (Å²) in [5, 5.41) is 0. The molecule has 0 aliphatic carbocycles. The minimum atomic E-state index is -0.711. The zero-order valence-electron chi connectivity index (χ0n) is 7.87. The molecule has 0 aliphatic rings. The fourth-order valence-electron chi connectivity index (χ4n) is 0.962. The van der Waals surface area contributed by atoms with Crippen LogP contribution in [-0.4, -0.2) is 18.4 Å². The molecule has 1 unspecified atom stereocenters. The number of para-hydroxylation sites is 1. The third kappa shape index (κ3) is 2.53. The number of hydrogen-bond donors (Lipinski definition) is 1. The molecule has 0 heterocycles. The number of nitrogens with two attached hydrogens (primary N) is 1. The van der Waals surface area contributed by atoms with Crippen LogP contribution in [0, 0.1) is 5.82 Å². The van der Waals surface area contributed by atoms with Crippen molar-refractivity contribution in [2.75, 3.05) is 6.54 Å². The second-order valence-electron chi connectivity index (χ2n) is 2.86. The summed E-state index contributed by atoms with van der Waals surface area (Å²) in [6.07, 6.45) is -0.711. The number of ether oxygens (including phenoxy) is 1. The van der Waals surface area contributed by atoms with Gasteiger partial charge in [0.25, 0.3) is 0 Å². The average molecular weight is 197 g/mol. The van der Waals surface area contributed by atoms with Crippen LogP contribution in [0.4, 0.5) is 4.39 Å². The number of Topliss-reactive ketones (excluding diaryl/α,β-unsaturated/α-hetero) is 1. The molecule has 0 saturated carbocycles. The standard InChI is InChI=1S/C10H12FNO2/c1-7(9(13)6-12)14-10-5-3-2-4-8(10)11/h2-5,7H,6,12H2,1H3. The third-order valence-corrected chi connectivity index (χ3v) is 1.80. The summed E-state index contributed by atoms with van der Waals surface area (Å²) in [4.78, 5) is 11.1. The van der Waals surface area contributed by atoms with E-state index in [1.807, 2.05) is 0 Å². The van der Waals surface area contributed by atoms with Gasteiger partial charge in [-0.25, -0.2) is 4.39 Å². The van der Waals surface area contributed by atoms with E-state index in [-0.39, 0.29) is 18.1 Å². The zero-order valence-corrected chi connectivity index (χ0v) is 7.87. The molecule has 0 fully saturated rings. The van der Waals surface area contributed by atoms with E-state index in [0.717, 1.165) is 0 Å². The summed E-state index contributed by atoms with van der Waals surface area (Å²) in [6.45, 7) is 1.44. The normalized spacial score (nSPS) is 12.2. The second kappa shape index (κ2) is 4.72. The van der Waals surface area contributed by atoms with Crippen molar-refractivity contribution in [1.82, 2.24) is 0 Å². The average Bonchev–Trinajstić information content (AvgIpc) is 2.20. The van der Waals surface area contributed by atoms with Gasteiger partial charge in [-0.05, 0) is 19.1 Å². The first-order valence-electron chi connectivity index (χ1n) is 4.29. The van der Waals surface area contributed by atoms with Crippen molar-refractivity contribution in [1.29, 1.82) is 0 Å². The number of rotatable bonds is 4. The molecular formula is C10H12FNO2. The molecule has 4 heteroatoms. The van der Waals surface area contributed by atoms with E-state index < -0.39 is 11.9 Å². The van der Waals surface area contributed by atoms with E-state index in [1.54, 1.807) is 19.1 Å². The molecule has 0 aliphatic heterocycles. The first-order chi connectivity index (χ1) is 6.65. The van der Waals surface area contributed by atoms with Crippen molar-refractivity contribution in [2.24, 2.45) is 5.73 Å². The Morgan fingerprint density at radius 1 is 1.57 bits per heavy atom.